The topological polar surface area (TPSA) is 50.6 Å². The zero-order chi connectivity index (χ0) is 23.5. The van der Waals surface area contributed by atoms with Gasteiger partial charge in [0.25, 0.3) is 5.91 Å². The van der Waals surface area contributed by atoms with E-state index in [0.717, 1.165) is 48.8 Å². The van der Waals surface area contributed by atoms with Crippen LogP contribution in [0.5, 0.6) is 5.75 Å². The lowest BCUT2D eigenvalue weighted by Crippen LogP contribution is -2.47. The van der Waals surface area contributed by atoms with Gasteiger partial charge < -0.3 is 19.1 Å². The van der Waals surface area contributed by atoms with Gasteiger partial charge in [0.2, 0.25) is 0 Å². The molecule has 3 aromatic carbocycles. The van der Waals surface area contributed by atoms with Crippen LogP contribution in [0, 0.1) is 0 Å². The largest absolute Gasteiger partial charge is 0.486 e. The van der Waals surface area contributed by atoms with E-state index in [9.17, 15) is 4.79 Å². The predicted octanol–water partition coefficient (Wildman–Crippen LogP) is 4.70. The minimum absolute atomic E-state index is 0.0616. The molecule has 0 N–H and O–H groups in total. The molecule has 1 saturated heterocycles. The predicted molar refractivity (Wildman–Crippen MR) is 134 cm³/mol. The molecule has 1 aliphatic rings. The van der Waals surface area contributed by atoms with Crippen LogP contribution in [0.1, 0.15) is 21.7 Å². The number of fused-ring (bicyclic) bond motifs is 1. The number of nitrogens with zero attached hydrogens (tertiary/aromatic N) is 4. The molecule has 7 heteroatoms. The van der Waals surface area contributed by atoms with Gasteiger partial charge in [0, 0.05) is 43.3 Å². The Morgan fingerprint density at radius 2 is 1.71 bits per heavy atom. The first-order valence-electron chi connectivity index (χ1n) is 11.5. The number of piperazine rings is 1. The monoisotopic (exact) mass is 474 g/mol. The average Bonchev–Trinajstić information content (AvgIpc) is 3.20. The zero-order valence-corrected chi connectivity index (χ0v) is 19.9. The van der Waals surface area contributed by atoms with Crippen molar-refractivity contribution in [3.63, 3.8) is 0 Å². The van der Waals surface area contributed by atoms with E-state index in [1.807, 2.05) is 53.4 Å². The Morgan fingerprint density at radius 1 is 0.971 bits per heavy atom. The molecule has 6 nitrogen and oxygen atoms in total. The van der Waals surface area contributed by atoms with Crippen LogP contribution in [0.2, 0.25) is 5.02 Å². The van der Waals surface area contributed by atoms with Crippen molar-refractivity contribution in [2.75, 3.05) is 33.2 Å². The molecule has 0 saturated carbocycles. The van der Waals surface area contributed by atoms with Gasteiger partial charge in [0.15, 0.2) is 0 Å². The van der Waals surface area contributed by atoms with Crippen molar-refractivity contribution >= 4 is 28.5 Å². The second-order valence-corrected chi connectivity index (χ2v) is 9.08. The Hall–Kier alpha value is -3.35. The minimum atomic E-state index is 0.0616. The summed E-state index contributed by atoms with van der Waals surface area (Å²) in [6, 6.07) is 23.4. The number of ether oxygens (including phenoxy) is 1. The van der Waals surface area contributed by atoms with Gasteiger partial charge >= 0.3 is 0 Å². The van der Waals surface area contributed by atoms with Gasteiger partial charge in [-0.15, -0.1) is 0 Å². The number of imidazole rings is 1. The van der Waals surface area contributed by atoms with Crippen LogP contribution in [0.15, 0.2) is 72.8 Å². The van der Waals surface area contributed by atoms with Crippen molar-refractivity contribution in [2.24, 2.45) is 0 Å². The molecule has 4 aromatic rings. The third-order valence-corrected chi connectivity index (χ3v) is 6.48. The number of hydrogen-bond donors (Lipinski definition) is 0. The summed E-state index contributed by atoms with van der Waals surface area (Å²) < 4.78 is 8.17. The van der Waals surface area contributed by atoms with Crippen molar-refractivity contribution in [1.82, 2.24) is 19.4 Å². The quantitative estimate of drug-likeness (QED) is 0.406. The molecule has 0 spiro atoms. The first-order valence-corrected chi connectivity index (χ1v) is 11.8. The van der Waals surface area contributed by atoms with Crippen LogP contribution < -0.4 is 4.74 Å². The van der Waals surface area contributed by atoms with Crippen LogP contribution in [0.25, 0.3) is 11.0 Å². The van der Waals surface area contributed by atoms with Crippen molar-refractivity contribution in [2.45, 2.75) is 13.2 Å². The molecule has 0 aliphatic carbocycles. The lowest BCUT2D eigenvalue weighted by molar-refractivity contribution is 0.0664. The first-order chi connectivity index (χ1) is 16.6. The van der Waals surface area contributed by atoms with Gasteiger partial charge in [0.05, 0.1) is 11.0 Å². The van der Waals surface area contributed by atoms with Crippen LogP contribution in [-0.2, 0) is 13.2 Å². The molecule has 1 aliphatic heterocycles. The van der Waals surface area contributed by atoms with E-state index in [1.54, 1.807) is 12.1 Å². The second kappa shape index (κ2) is 9.87. The van der Waals surface area contributed by atoms with Crippen LogP contribution in [0.4, 0.5) is 0 Å². The number of aromatic nitrogens is 2. The number of hydrogen-bond acceptors (Lipinski definition) is 4. The normalized spacial score (nSPS) is 14.5. The maximum Gasteiger partial charge on any atom is 0.254 e. The molecule has 2 heterocycles. The van der Waals surface area contributed by atoms with Gasteiger partial charge in [-0.1, -0.05) is 41.9 Å². The van der Waals surface area contributed by atoms with Gasteiger partial charge in [-0.3, -0.25) is 4.79 Å². The Balaban J connectivity index is 1.45. The van der Waals surface area contributed by atoms with E-state index < -0.39 is 0 Å². The van der Waals surface area contributed by atoms with E-state index in [1.165, 1.54) is 5.56 Å². The van der Waals surface area contributed by atoms with Gasteiger partial charge in [-0.05, 0) is 55.1 Å². The van der Waals surface area contributed by atoms with Crippen LogP contribution in [0.3, 0.4) is 0 Å². The molecule has 174 valence electrons. The fraction of sp³-hybridized carbons (Fsp3) is 0.259. The first kappa shape index (κ1) is 22.4. The maximum atomic E-state index is 13.1. The smallest absolute Gasteiger partial charge is 0.254 e. The number of halogens is 1. The van der Waals surface area contributed by atoms with Crippen molar-refractivity contribution in [1.29, 1.82) is 0 Å². The van der Waals surface area contributed by atoms with E-state index in [2.05, 4.69) is 28.6 Å². The summed E-state index contributed by atoms with van der Waals surface area (Å²) in [5.74, 6) is 1.60. The number of amides is 1. The third-order valence-electron chi connectivity index (χ3n) is 6.23. The molecule has 5 rings (SSSR count). The van der Waals surface area contributed by atoms with Crippen molar-refractivity contribution < 1.29 is 9.53 Å². The van der Waals surface area contributed by atoms with Crippen molar-refractivity contribution in [3.05, 3.63) is 94.8 Å². The number of carbonyl (C=O) groups excluding carboxylic acids is 1. The van der Waals surface area contributed by atoms with E-state index in [0.29, 0.717) is 23.7 Å². The van der Waals surface area contributed by atoms with Crippen LogP contribution >= 0.6 is 11.6 Å². The minimum Gasteiger partial charge on any atom is -0.486 e. The molecule has 0 atom stereocenters. The molecule has 1 amide bonds. The molecule has 34 heavy (non-hydrogen) atoms. The molecule has 1 fully saturated rings. The highest BCUT2D eigenvalue weighted by Crippen LogP contribution is 2.23. The summed E-state index contributed by atoms with van der Waals surface area (Å²) in [5.41, 5.74) is 3.62. The summed E-state index contributed by atoms with van der Waals surface area (Å²) >= 11 is 6.00. The zero-order valence-electron chi connectivity index (χ0n) is 19.2. The SMILES string of the molecule is CN1CCN(C(=O)c2ccc3c(c2)nc(COc2ccc(Cl)cc2)n3Cc2ccccc2)CC1. The summed E-state index contributed by atoms with van der Waals surface area (Å²) in [7, 11) is 2.08. The Labute approximate surface area is 204 Å². The Bertz CT molecular complexity index is 1280. The highest BCUT2D eigenvalue weighted by atomic mass is 35.5. The molecule has 0 radical (unpaired) electrons. The number of benzene rings is 3. The number of carbonyl (C=O) groups is 1. The Kier molecular flexibility index (Phi) is 6.52. The fourth-order valence-electron chi connectivity index (χ4n) is 4.24. The summed E-state index contributed by atoms with van der Waals surface area (Å²) in [5, 5.41) is 0.668. The van der Waals surface area contributed by atoms with E-state index in [-0.39, 0.29) is 5.91 Å². The second-order valence-electron chi connectivity index (χ2n) is 8.64. The van der Waals surface area contributed by atoms with Gasteiger partial charge in [0.1, 0.15) is 18.2 Å². The standard InChI is InChI=1S/C27H27ClN4O2/c1-30-13-15-31(16-14-30)27(33)21-7-12-25-24(17-21)29-26(19-34-23-10-8-22(28)9-11-23)32(25)18-20-5-3-2-4-6-20/h2-12,17H,13-16,18-19H2,1H3. The average molecular weight is 475 g/mol. The number of likely N-dealkylation sites (N-methyl/N-ethyl adjacent to an activating group) is 1. The third kappa shape index (κ3) is 4.93. The molecule has 1 aromatic heterocycles. The lowest BCUT2D eigenvalue weighted by Gasteiger charge is -2.32. The van der Waals surface area contributed by atoms with Crippen LogP contribution in [-0.4, -0.2) is 58.5 Å². The molecule has 0 unspecified atom stereocenters. The maximum absolute atomic E-state index is 13.1. The van der Waals surface area contributed by atoms with Gasteiger partial charge in [-0.2, -0.15) is 0 Å². The molecular formula is C27H27ClN4O2. The molecule has 0 bridgehead atoms. The lowest BCUT2D eigenvalue weighted by atomic mass is 10.1. The Morgan fingerprint density at radius 3 is 2.44 bits per heavy atom. The summed E-state index contributed by atoms with van der Waals surface area (Å²) in [6.07, 6.45) is 0. The van der Waals surface area contributed by atoms with E-state index >= 15 is 0 Å². The summed E-state index contributed by atoms with van der Waals surface area (Å²) in [6.45, 7) is 4.26. The highest BCUT2D eigenvalue weighted by molar-refractivity contribution is 6.30. The molecular weight excluding hydrogens is 448 g/mol. The van der Waals surface area contributed by atoms with Crippen molar-refractivity contribution in [3.8, 4) is 5.75 Å². The van der Waals surface area contributed by atoms with E-state index in [4.69, 9.17) is 21.3 Å². The highest BCUT2D eigenvalue weighted by Gasteiger charge is 2.21. The van der Waals surface area contributed by atoms with Gasteiger partial charge in [-0.25, -0.2) is 4.98 Å². The number of rotatable bonds is 6. The summed E-state index contributed by atoms with van der Waals surface area (Å²) in [4.78, 5) is 22.1. The fourth-order valence-corrected chi connectivity index (χ4v) is 4.36.